The lowest BCUT2D eigenvalue weighted by Gasteiger charge is -2.15. The van der Waals surface area contributed by atoms with Gasteiger partial charge in [-0.1, -0.05) is 41.9 Å². The minimum atomic E-state index is -1.23. The summed E-state index contributed by atoms with van der Waals surface area (Å²) in [6.07, 6.45) is -1.23. The van der Waals surface area contributed by atoms with Gasteiger partial charge in [-0.15, -0.1) is 0 Å². The van der Waals surface area contributed by atoms with Gasteiger partial charge in [0.1, 0.15) is 5.02 Å². The molecule has 1 amide bonds. The number of hydrogen-bond acceptors (Lipinski definition) is 7. The predicted molar refractivity (Wildman–Crippen MR) is 128 cm³/mol. The van der Waals surface area contributed by atoms with Gasteiger partial charge in [0.2, 0.25) is 0 Å². The van der Waals surface area contributed by atoms with Gasteiger partial charge in [0.15, 0.2) is 17.7 Å². The number of nitro groups is 1. The number of Topliss-reactive ketones (excluding diaryl/α,β-unsaturated/α-hetero) is 1. The topological polar surface area (TPSA) is 133 Å². The SMILES string of the molecule is CC(=O)c1cccc(NC(=O)C(C)OC(=O)c2ccccc2C(=O)c2ccc(Cl)c([N+](=O)[O-])c2)c1. The Hall–Kier alpha value is -4.37. The number of carbonyl (C=O) groups excluding carboxylic acids is 4. The first-order chi connectivity index (χ1) is 16.6. The highest BCUT2D eigenvalue weighted by Gasteiger charge is 2.25. The third kappa shape index (κ3) is 5.96. The summed E-state index contributed by atoms with van der Waals surface area (Å²) in [6.45, 7) is 2.75. The maximum atomic E-state index is 13.0. The highest BCUT2D eigenvalue weighted by molar-refractivity contribution is 6.33. The number of anilines is 1. The van der Waals surface area contributed by atoms with E-state index in [0.717, 1.165) is 6.07 Å². The van der Waals surface area contributed by atoms with Crippen LogP contribution in [0.4, 0.5) is 11.4 Å². The lowest BCUT2D eigenvalue weighted by molar-refractivity contribution is -0.384. The number of benzene rings is 3. The number of rotatable bonds is 8. The third-order valence-corrected chi connectivity index (χ3v) is 5.31. The highest BCUT2D eigenvalue weighted by Crippen LogP contribution is 2.27. The maximum Gasteiger partial charge on any atom is 0.339 e. The van der Waals surface area contributed by atoms with E-state index in [1.54, 1.807) is 18.2 Å². The molecular weight excluding hydrogens is 476 g/mol. The number of ether oxygens (including phenoxy) is 1. The average molecular weight is 495 g/mol. The third-order valence-electron chi connectivity index (χ3n) is 4.99. The molecule has 0 aliphatic rings. The number of nitrogens with zero attached hydrogens (tertiary/aromatic N) is 1. The van der Waals surface area contributed by atoms with Crippen LogP contribution in [0.2, 0.25) is 5.02 Å². The fourth-order valence-electron chi connectivity index (χ4n) is 3.15. The summed E-state index contributed by atoms with van der Waals surface area (Å²) < 4.78 is 5.26. The molecule has 0 radical (unpaired) electrons. The molecule has 0 aliphatic carbocycles. The molecule has 0 bridgehead atoms. The number of esters is 1. The first-order valence-corrected chi connectivity index (χ1v) is 10.7. The van der Waals surface area contributed by atoms with Gasteiger partial charge in [0.05, 0.1) is 10.5 Å². The van der Waals surface area contributed by atoms with E-state index in [1.807, 2.05) is 0 Å². The predicted octanol–water partition coefficient (Wildman–Crippen LogP) is 4.87. The molecule has 0 aromatic heterocycles. The molecule has 9 nitrogen and oxygen atoms in total. The van der Waals surface area contributed by atoms with Crippen LogP contribution in [-0.2, 0) is 9.53 Å². The summed E-state index contributed by atoms with van der Waals surface area (Å²) in [5.74, 6) is -2.41. The Morgan fingerprint density at radius 1 is 0.943 bits per heavy atom. The molecule has 35 heavy (non-hydrogen) atoms. The van der Waals surface area contributed by atoms with Gasteiger partial charge in [-0.05, 0) is 44.2 Å². The molecule has 0 fully saturated rings. The van der Waals surface area contributed by atoms with Crippen LogP contribution in [0.5, 0.6) is 0 Å². The molecule has 1 unspecified atom stereocenters. The molecule has 10 heteroatoms. The summed E-state index contributed by atoms with van der Waals surface area (Å²) in [5.41, 5.74) is 0.0891. The number of nitrogens with one attached hydrogen (secondary N) is 1. The number of halogens is 1. The zero-order chi connectivity index (χ0) is 25.7. The molecule has 1 atom stereocenters. The van der Waals surface area contributed by atoms with Crippen molar-refractivity contribution >= 4 is 46.4 Å². The van der Waals surface area contributed by atoms with Crippen molar-refractivity contribution in [1.29, 1.82) is 0 Å². The van der Waals surface area contributed by atoms with Gasteiger partial charge in [-0.3, -0.25) is 24.5 Å². The summed E-state index contributed by atoms with van der Waals surface area (Å²) >= 11 is 5.81. The van der Waals surface area contributed by atoms with Crippen molar-refractivity contribution in [2.45, 2.75) is 20.0 Å². The van der Waals surface area contributed by atoms with Crippen LogP contribution < -0.4 is 5.32 Å². The van der Waals surface area contributed by atoms with Crippen LogP contribution in [0.15, 0.2) is 66.7 Å². The van der Waals surface area contributed by atoms with E-state index in [4.69, 9.17) is 16.3 Å². The van der Waals surface area contributed by atoms with Crippen LogP contribution in [0.3, 0.4) is 0 Å². The Labute approximate surface area is 204 Å². The van der Waals surface area contributed by atoms with Crippen LogP contribution >= 0.6 is 11.6 Å². The average Bonchev–Trinajstić information content (AvgIpc) is 2.83. The number of ketones is 2. The van der Waals surface area contributed by atoms with Crippen molar-refractivity contribution < 1.29 is 28.8 Å². The van der Waals surface area contributed by atoms with E-state index in [9.17, 15) is 29.3 Å². The first kappa shape index (κ1) is 25.3. The first-order valence-electron chi connectivity index (χ1n) is 10.3. The summed E-state index contributed by atoms with van der Waals surface area (Å²) in [6, 6.07) is 15.6. The normalized spacial score (nSPS) is 11.3. The van der Waals surface area contributed by atoms with E-state index in [0.29, 0.717) is 11.3 Å². The van der Waals surface area contributed by atoms with Crippen molar-refractivity contribution in [3.05, 3.63) is 104 Å². The second-order valence-electron chi connectivity index (χ2n) is 7.47. The maximum absolute atomic E-state index is 13.0. The van der Waals surface area contributed by atoms with Crippen LogP contribution in [-0.4, -0.2) is 34.5 Å². The summed E-state index contributed by atoms with van der Waals surface area (Å²) in [5, 5.41) is 13.6. The monoisotopic (exact) mass is 494 g/mol. The fraction of sp³-hybridized carbons (Fsp3) is 0.120. The van der Waals surface area contributed by atoms with Crippen molar-refractivity contribution in [2.75, 3.05) is 5.32 Å². The Bertz CT molecular complexity index is 1350. The zero-order valence-electron chi connectivity index (χ0n) is 18.6. The van der Waals surface area contributed by atoms with E-state index in [-0.39, 0.29) is 27.5 Å². The smallest absolute Gasteiger partial charge is 0.339 e. The van der Waals surface area contributed by atoms with Gasteiger partial charge in [-0.2, -0.15) is 0 Å². The van der Waals surface area contributed by atoms with Crippen LogP contribution in [0.1, 0.15) is 50.5 Å². The summed E-state index contributed by atoms with van der Waals surface area (Å²) in [7, 11) is 0. The van der Waals surface area contributed by atoms with Crippen molar-refractivity contribution in [3.8, 4) is 0 Å². The lowest BCUT2D eigenvalue weighted by atomic mass is 9.98. The molecule has 0 saturated carbocycles. The zero-order valence-corrected chi connectivity index (χ0v) is 19.4. The minimum Gasteiger partial charge on any atom is -0.449 e. The van der Waals surface area contributed by atoms with Crippen molar-refractivity contribution in [2.24, 2.45) is 0 Å². The van der Waals surface area contributed by atoms with Gasteiger partial charge in [-0.25, -0.2) is 4.79 Å². The molecule has 0 saturated heterocycles. The Morgan fingerprint density at radius 3 is 2.29 bits per heavy atom. The van der Waals surface area contributed by atoms with E-state index in [2.05, 4.69) is 5.32 Å². The van der Waals surface area contributed by atoms with E-state index in [1.165, 1.54) is 56.3 Å². The molecular formula is C25H19ClN2O7. The lowest BCUT2D eigenvalue weighted by Crippen LogP contribution is -2.30. The van der Waals surface area contributed by atoms with Crippen LogP contribution in [0, 0.1) is 10.1 Å². The molecule has 3 aromatic rings. The fourth-order valence-corrected chi connectivity index (χ4v) is 3.33. The number of hydrogen-bond donors (Lipinski definition) is 1. The Kier molecular flexibility index (Phi) is 7.73. The number of nitro benzene ring substituents is 1. The molecule has 3 aromatic carbocycles. The number of carbonyl (C=O) groups is 4. The molecule has 0 heterocycles. The van der Waals surface area contributed by atoms with E-state index < -0.39 is 34.4 Å². The van der Waals surface area contributed by atoms with Gasteiger partial charge in [0.25, 0.3) is 11.6 Å². The van der Waals surface area contributed by atoms with Crippen molar-refractivity contribution in [3.63, 3.8) is 0 Å². The van der Waals surface area contributed by atoms with Crippen LogP contribution in [0.25, 0.3) is 0 Å². The Morgan fingerprint density at radius 2 is 1.63 bits per heavy atom. The molecule has 1 N–H and O–H groups in total. The second kappa shape index (κ2) is 10.7. The molecule has 178 valence electrons. The standard InChI is InChI=1S/C25H19ClN2O7/c1-14(29)16-6-5-7-18(12-16)27-24(31)15(2)35-25(32)20-9-4-3-8-19(20)23(30)17-10-11-21(26)22(13-17)28(33)34/h3-13,15H,1-2H3,(H,27,31). The quantitative estimate of drug-likeness (QED) is 0.204. The minimum absolute atomic E-state index is 0.0440. The highest BCUT2D eigenvalue weighted by atomic mass is 35.5. The van der Waals surface area contributed by atoms with E-state index >= 15 is 0 Å². The van der Waals surface area contributed by atoms with Gasteiger partial charge >= 0.3 is 5.97 Å². The molecule has 0 spiro atoms. The molecule has 3 rings (SSSR count). The van der Waals surface area contributed by atoms with Gasteiger partial charge in [0, 0.05) is 28.4 Å². The number of amides is 1. The summed E-state index contributed by atoms with van der Waals surface area (Å²) in [4.78, 5) is 60.3. The van der Waals surface area contributed by atoms with Crippen molar-refractivity contribution in [1.82, 2.24) is 0 Å². The Balaban J connectivity index is 1.78. The second-order valence-corrected chi connectivity index (χ2v) is 7.88. The largest absolute Gasteiger partial charge is 0.449 e. The molecule has 0 aliphatic heterocycles. The van der Waals surface area contributed by atoms with Gasteiger partial charge < -0.3 is 10.1 Å².